The van der Waals surface area contributed by atoms with Crippen molar-refractivity contribution >= 4 is 0 Å². The maximum Gasteiger partial charge on any atom is 0.0675 e. The van der Waals surface area contributed by atoms with Crippen molar-refractivity contribution in [3.05, 3.63) is 11.6 Å². The molecule has 0 aliphatic carbocycles. The zero-order valence-electron chi connectivity index (χ0n) is 7.98. The lowest BCUT2D eigenvalue weighted by Crippen LogP contribution is -2.23. The van der Waals surface area contributed by atoms with Gasteiger partial charge in [-0.05, 0) is 27.8 Å². The van der Waals surface area contributed by atoms with Crippen LogP contribution in [-0.2, 0) is 4.74 Å². The van der Waals surface area contributed by atoms with Crippen molar-refractivity contribution in [2.45, 2.75) is 26.9 Å². The Morgan fingerprint density at radius 3 is 2.64 bits per heavy atom. The molecule has 66 valence electrons. The van der Waals surface area contributed by atoms with Crippen molar-refractivity contribution in [2.75, 3.05) is 20.2 Å². The maximum atomic E-state index is 5.45. The molecule has 1 atom stereocenters. The van der Waals surface area contributed by atoms with Gasteiger partial charge in [-0.3, -0.25) is 0 Å². The summed E-state index contributed by atoms with van der Waals surface area (Å²) in [6.07, 6.45) is 2.39. The number of hydrogen-bond donors (Lipinski definition) is 1. The molecule has 0 fully saturated rings. The molecule has 1 N–H and O–H groups in total. The standard InChI is InChI=1S/C9H19NO/c1-8(2)5-6-11-9(3)7-10-4/h5,9-10H,6-7H2,1-4H3. The minimum atomic E-state index is 0.301. The van der Waals surface area contributed by atoms with Crippen molar-refractivity contribution in [3.63, 3.8) is 0 Å². The van der Waals surface area contributed by atoms with Gasteiger partial charge in [-0.25, -0.2) is 0 Å². The Bertz CT molecular complexity index is 117. The first-order valence-corrected chi connectivity index (χ1v) is 4.06. The Balaban J connectivity index is 3.31. The van der Waals surface area contributed by atoms with Crippen LogP contribution in [-0.4, -0.2) is 26.3 Å². The number of likely N-dealkylation sites (N-methyl/N-ethyl adjacent to an activating group) is 1. The predicted molar refractivity (Wildman–Crippen MR) is 48.8 cm³/mol. The zero-order valence-corrected chi connectivity index (χ0v) is 7.98. The lowest BCUT2D eigenvalue weighted by molar-refractivity contribution is 0.0891. The highest BCUT2D eigenvalue weighted by Gasteiger charge is 1.96. The lowest BCUT2D eigenvalue weighted by atomic mass is 10.3. The summed E-state index contributed by atoms with van der Waals surface area (Å²) >= 11 is 0. The topological polar surface area (TPSA) is 21.3 Å². The van der Waals surface area contributed by atoms with Crippen LogP contribution in [0.5, 0.6) is 0 Å². The van der Waals surface area contributed by atoms with Gasteiger partial charge in [0.15, 0.2) is 0 Å². The van der Waals surface area contributed by atoms with Crippen LogP contribution in [0.3, 0.4) is 0 Å². The van der Waals surface area contributed by atoms with E-state index in [9.17, 15) is 0 Å². The van der Waals surface area contributed by atoms with E-state index in [1.165, 1.54) is 5.57 Å². The molecule has 0 aliphatic heterocycles. The second kappa shape index (κ2) is 6.38. The fraction of sp³-hybridized carbons (Fsp3) is 0.778. The fourth-order valence-electron chi connectivity index (χ4n) is 0.725. The molecule has 0 aromatic carbocycles. The number of nitrogens with one attached hydrogen (secondary N) is 1. The molecule has 0 radical (unpaired) electrons. The van der Waals surface area contributed by atoms with E-state index in [-0.39, 0.29) is 0 Å². The summed E-state index contributed by atoms with van der Waals surface area (Å²) in [4.78, 5) is 0. The summed E-state index contributed by atoms with van der Waals surface area (Å²) in [7, 11) is 1.93. The van der Waals surface area contributed by atoms with Crippen molar-refractivity contribution < 1.29 is 4.74 Å². The van der Waals surface area contributed by atoms with E-state index in [2.05, 4.69) is 32.2 Å². The van der Waals surface area contributed by atoms with E-state index in [1.807, 2.05) is 7.05 Å². The molecule has 0 spiro atoms. The van der Waals surface area contributed by atoms with Crippen LogP contribution < -0.4 is 5.32 Å². The van der Waals surface area contributed by atoms with Gasteiger partial charge in [0.25, 0.3) is 0 Å². The monoisotopic (exact) mass is 157 g/mol. The van der Waals surface area contributed by atoms with Gasteiger partial charge in [0.05, 0.1) is 12.7 Å². The van der Waals surface area contributed by atoms with Crippen LogP contribution >= 0.6 is 0 Å². The summed E-state index contributed by atoms with van der Waals surface area (Å²) in [5, 5.41) is 3.06. The van der Waals surface area contributed by atoms with E-state index in [0.29, 0.717) is 6.10 Å². The van der Waals surface area contributed by atoms with Gasteiger partial charge in [-0.2, -0.15) is 0 Å². The van der Waals surface area contributed by atoms with Gasteiger partial charge in [-0.1, -0.05) is 11.6 Å². The average Bonchev–Trinajstić information content (AvgIpc) is 1.87. The fourth-order valence-corrected chi connectivity index (χ4v) is 0.725. The number of hydrogen-bond acceptors (Lipinski definition) is 2. The van der Waals surface area contributed by atoms with Crippen LogP contribution in [0.15, 0.2) is 11.6 Å². The third-order valence-electron chi connectivity index (χ3n) is 1.36. The molecule has 0 aromatic rings. The van der Waals surface area contributed by atoms with E-state index in [4.69, 9.17) is 4.74 Å². The molecule has 0 bridgehead atoms. The van der Waals surface area contributed by atoms with Crippen LogP contribution in [0.1, 0.15) is 20.8 Å². The molecule has 0 rings (SSSR count). The smallest absolute Gasteiger partial charge is 0.0675 e. The third-order valence-corrected chi connectivity index (χ3v) is 1.36. The summed E-state index contributed by atoms with van der Waals surface area (Å²) in [5.41, 5.74) is 1.31. The Kier molecular flexibility index (Phi) is 6.18. The average molecular weight is 157 g/mol. The number of ether oxygens (including phenoxy) is 1. The molecule has 0 saturated carbocycles. The summed E-state index contributed by atoms with van der Waals surface area (Å²) in [6, 6.07) is 0. The highest BCUT2D eigenvalue weighted by Crippen LogP contribution is 1.92. The first kappa shape index (κ1) is 10.7. The molecule has 0 heterocycles. The maximum absolute atomic E-state index is 5.45. The SMILES string of the molecule is CNCC(C)OCC=C(C)C. The minimum absolute atomic E-state index is 0.301. The summed E-state index contributed by atoms with van der Waals surface area (Å²) < 4.78 is 5.45. The largest absolute Gasteiger partial charge is 0.373 e. The van der Waals surface area contributed by atoms with Crippen LogP contribution in [0.25, 0.3) is 0 Å². The van der Waals surface area contributed by atoms with E-state index >= 15 is 0 Å². The molecular formula is C9H19NO. The summed E-state index contributed by atoms with van der Waals surface area (Å²) in [6.45, 7) is 7.86. The van der Waals surface area contributed by atoms with Crippen molar-refractivity contribution in [1.29, 1.82) is 0 Å². The Labute approximate surface area is 69.6 Å². The molecular weight excluding hydrogens is 138 g/mol. The Morgan fingerprint density at radius 2 is 2.18 bits per heavy atom. The van der Waals surface area contributed by atoms with Gasteiger partial charge in [-0.15, -0.1) is 0 Å². The molecule has 0 aliphatic rings. The molecule has 1 unspecified atom stereocenters. The van der Waals surface area contributed by atoms with Gasteiger partial charge in [0, 0.05) is 6.54 Å². The van der Waals surface area contributed by atoms with Gasteiger partial charge in [0.1, 0.15) is 0 Å². The predicted octanol–water partition coefficient (Wildman–Crippen LogP) is 1.58. The zero-order chi connectivity index (χ0) is 8.69. The van der Waals surface area contributed by atoms with E-state index < -0.39 is 0 Å². The highest BCUT2D eigenvalue weighted by atomic mass is 16.5. The Hall–Kier alpha value is -0.340. The quantitative estimate of drug-likeness (QED) is 0.612. The van der Waals surface area contributed by atoms with Gasteiger partial charge in [0.2, 0.25) is 0 Å². The first-order valence-electron chi connectivity index (χ1n) is 4.06. The van der Waals surface area contributed by atoms with Gasteiger partial charge < -0.3 is 10.1 Å². The van der Waals surface area contributed by atoms with Gasteiger partial charge >= 0.3 is 0 Å². The molecule has 2 nitrogen and oxygen atoms in total. The van der Waals surface area contributed by atoms with Crippen molar-refractivity contribution in [1.82, 2.24) is 5.32 Å². The second-order valence-corrected chi connectivity index (χ2v) is 2.98. The first-order chi connectivity index (χ1) is 5.16. The molecule has 0 saturated heterocycles. The number of rotatable bonds is 5. The van der Waals surface area contributed by atoms with Crippen LogP contribution in [0, 0.1) is 0 Å². The lowest BCUT2D eigenvalue weighted by Gasteiger charge is -2.10. The van der Waals surface area contributed by atoms with Crippen molar-refractivity contribution in [2.24, 2.45) is 0 Å². The van der Waals surface area contributed by atoms with Crippen LogP contribution in [0.2, 0.25) is 0 Å². The summed E-state index contributed by atoms with van der Waals surface area (Å²) in [5.74, 6) is 0. The van der Waals surface area contributed by atoms with E-state index in [0.717, 1.165) is 13.2 Å². The number of allylic oxidation sites excluding steroid dienone is 1. The minimum Gasteiger partial charge on any atom is -0.373 e. The highest BCUT2D eigenvalue weighted by molar-refractivity contribution is 4.92. The molecule has 0 aromatic heterocycles. The molecule has 0 amide bonds. The van der Waals surface area contributed by atoms with Crippen LogP contribution in [0.4, 0.5) is 0 Å². The van der Waals surface area contributed by atoms with E-state index in [1.54, 1.807) is 0 Å². The van der Waals surface area contributed by atoms with Crippen molar-refractivity contribution in [3.8, 4) is 0 Å². The Morgan fingerprint density at radius 1 is 1.55 bits per heavy atom. The normalized spacial score (nSPS) is 12.7. The second-order valence-electron chi connectivity index (χ2n) is 2.98. The third kappa shape index (κ3) is 7.56. The molecule has 2 heteroatoms. The molecule has 11 heavy (non-hydrogen) atoms.